The molecule has 0 heterocycles. The minimum atomic E-state index is -1.49. The predicted molar refractivity (Wildman–Crippen MR) is 83.4 cm³/mol. The molecule has 0 radical (unpaired) electrons. The van der Waals surface area contributed by atoms with Gasteiger partial charge in [-0.3, -0.25) is 0 Å². The van der Waals surface area contributed by atoms with E-state index >= 15 is 0 Å². The van der Waals surface area contributed by atoms with Crippen LogP contribution in [0.1, 0.15) is 30.1 Å². The highest BCUT2D eigenvalue weighted by atomic mass is 19.2. The van der Waals surface area contributed by atoms with Crippen LogP contribution < -0.4 is 10.1 Å². The summed E-state index contributed by atoms with van der Waals surface area (Å²) in [5, 5.41) is 11.5. The molecule has 0 unspecified atom stereocenters. The van der Waals surface area contributed by atoms with Crippen molar-refractivity contribution < 1.29 is 27.8 Å². The number of rotatable bonds is 7. The number of ether oxygens (including phenoxy) is 1. The Morgan fingerprint density at radius 1 is 1.21 bits per heavy atom. The number of hydrogen-bond acceptors (Lipinski definition) is 3. The van der Waals surface area contributed by atoms with Gasteiger partial charge in [0.1, 0.15) is 5.82 Å². The summed E-state index contributed by atoms with van der Waals surface area (Å²) in [5.41, 5.74) is -1.38. The monoisotopic (exact) mass is 339 g/mol. The van der Waals surface area contributed by atoms with Gasteiger partial charge in [0.05, 0.1) is 23.5 Å². The second-order valence-electron chi connectivity index (χ2n) is 5.04. The zero-order valence-corrected chi connectivity index (χ0v) is 12.9. The van der Waals surface area contributed by atoms with Gasteiger partial charge < -0.3 is 15.2 Å². The van der Waals surface area contributed by atoms with Crippen LogP contribution in [-0.2, 0) is 0 Å². The number of halogens is 3. The Hall–Kier alpha value is -2.70. The first-order valence-electron chi connectivity index (χ1n) is 7.35. The Bertz CT molecular complexity index is 750. The van der Waals surface area contributed by atoms with E-state index in [1.54, 1.807) is 0 Å². The molecule has 0 bridgehead atoms. The molecular weight excluding hydrogens is 323 g/mol. The first-order chi connectivity index (χ1) is 11.5. The van der Waals surface area contributed by atoms with Crippen molar-refractivity contribution in [2.24, 2.45) is 0 Å². The summed E-state index contributed by atoms with van der Waals surface area (Å²) in [4.78, 5) is 11.4. The van der Waals surface area contributed by atoms with E-state index in [0.717, 1.165) is 18.6 Å². The van der Waals surface area contributed by atoms with Gasteiger partial charge in [0, 0.05) is 6.07 Å². The van der Waals surface area contributed by atoms with Crippen LogP contribution in [-0.4, -0.2) is 17.7 Å². The van der Waals surface area contributed by atoms with Crippen LogP contribution in [0.4, 0.5) is 24.5 Å². The van der Waals surface area contributed by atoms with Gasteiger partial charge >= 0.3 is 5.97 Å². The van der Waals surface area contributed by atoms with Crippen molar-refractivity contribution in [3.8, 4) is 5.75 Å². The number of hydrogen-bond donors (Lipinski definition) is 2. The third-order valence-corrected chi connectivity index (χ3v) is 3.29. The molecule has 0 saturated heterocycles. The van der Waals surface area contributed by atoms with Crippen LogP contribution in [0.15, 0.2) is 30.3 Å². The number of carboxylic acid groups (broad SMARTS) is 1. The molecule has 0 aliphatic carbocycles. The van der Waals surface area contributed by atoms with Gasteiger partial charge in [0.15, 0.2) is 11.6 Å². The first kappa shape index (κ1) is 17.7. The molecule has 0 aromatic heterocycles. The second kappa shape index (κ2) is 7.72. The van der Waals surface area contributed by atoms with Gasteiger partial charge in [0.25, 0.3) is 0 Å². The lowest BCUT2D eigenvalue weighted by Gasteiger charge is -2.15. The van der Waals surface area contributed by atoms with Gasteiger partial charge in [-0.15, -0.1) is 0 Å². The quantitative estimate of drug-likeness (QED) is 0.716. The maximum absolute atomic E-state index is 14.3. The van der Waals surface area contributed by atoms with Crippen LogP contribution in [0.2, 0.25) is 0 Å². The highest BCUT2D eigenvalue weighted by Crippen LogP contribution is 2.33. The number of para-hydroxylation sites is 1. The van der Waals surface area contributed by atoms with E-state index in [0.29, 0.717) is 6.42 Å². The summed E-state index contributed by atoms with van der Waals surface area (Å²) in [7, 11) is 0. The van der Waals surface area contributed by atoms with Crippen LogP contribution in [0.3, 0.4) is 0 Å². The molecule has 24 heavy (non-hydrogen) atoms. The van der Waals surface area contributed by atoms with Crippen molar-refractivity contribution in [1.29, 1.82) is 0 Å². The van der Waals surface area contributed by atoms with E-state index in [1.807, 2.05) is 6.92 Å². The van der Waals surface area contributed by atoms with Crippen LogP contribution in [0.25, 0.3) is 0 Å². The minimum absolute atomic E-state index is 0.131. The molecule has 7 heteroatoms. The smallest absolute Gasteiger partial charge is 0.338 e. The summed E-state index contributed by atoms with van der Waals surface area (Å²) < 4.78 is 47.2. The standard InChI is InChI=1S/C17H16F3NO3/c1-2-3-8-24-13-9-10(17(22)23)16(15(20)14(13)19)21-12-7-5-4-6-11(12)18/h4-7,9,21H,2-3,8H2,1H3,(H,22,23). The normalized spacial score (nSPS) is 10.5. The molecule has 0 aliphatic heterocycles. The topological polar surface area (TPSA) is 58.6 Å². The summed E-state index contributed by atoms with van der Waals surface area (Å²) in [6, 6.07) is 6.17. The molecule has 0 spiro atoms. The lowest BCUT2D eigenvalue weighted by atomic mass is 10.1. The third kappa shape index (κ3) is 3.79. The summed E-state index contributed by atoms with van der Waals surface area (Å²) in [6.07, 6.45) is 1.39. The maximum atomic E-state index is 14.3. The molecule has 0 amide bonds. The molecule has 0 fully saturated rings. The number of aromatic carboxylic acids is 1. The zero-order chi connectivity index (χ0) is 17.7. The molecule has 2 aromatic rings. The van der Waals surface area contributed by atoms with E-state index in [9.17, 15) is 23.1 Å². The average molecular weight is 339 g/mol. The SMILES string of the molecule is CCCCOc1cc(C(=O)O)c(Nc2ccccc2F)c(F)c1F. The number of carboxylic acids is 1. The van der Waals surface area contributed by atoms with Gasteiger partial charge in [0.2, 0.25) is 5.82 Å². The Morgan fingerprint density at radius 3 is 2.54 bits per heavy atom. The molecular formula is C17H16F3NO3. The summed E-state index contributed by atoms with van der Waals surface area (Å²) in [6.45, 7) is 2.02. The van der Waals surface area contributed by atoms with Gasteiger partial charge in [-0.1, -0.05) is 25.5 Å². The lowest BCUT2D eigenvalue weighted by Crippen LogP contribution is -2.10. The molecule has 128 valence electrons. The Labute approximate surface area is 136 Å². The van der Waals surface area contributed by atoms with Crippen LogP contribution in [0.5, 0.6) is 5.75 Å². The Morgan fingerprint density at radius 2 is 1.92 bits per heavy atom. The van der Waals surface area contributed by atoms with Crippen LogP contribution >= 0.6 is 0 Å². The molecule has 0 atom stereocenters. The van der Waals surface area contributed by atoms with E-state index in [-0.39, 0.29) is 12.3 Å². The summed E-state index contributed by atoms with van der Waals surface area (Å²) >= 11 is 0. The lowest BCUT2D eigenvalue weighted by molar-refractivity contribution is 0.0696. The number of anilines is 2. The molecule has 2 N–H and O–H groups in total. The average Bonchev–Trinajstić information content (AvgIpc) is 2.55. The Balaban J connectivity index is 2.45. The van der Waals surface area contributed by atoms with Crippen molar-refractivity contribution in [3.63, 3.8) is 0 Å². The fourth-order valence-electron chi connectivity index (χ4n) is 2.02. The molecule has 2 aromatic carbocycles. The molecule has 4 nitrogen and oxygen atoms in total. The zero-order valence-electron chi connectivity index (χ0n) is 12.9. The van der Waals surface area contributed by atoms with Crippen molar-refractivity contribution in [2.45, 2.75) is 19.8 Å². The van der Waals surface area contributed by atoms with Crippen LogP contribution in [0, 0.1) is 17.5 Å². The fraction of sp³-hybridized carbons (Fsp3) is 0.235. The second-order valence-corrected chi connectivity index (χ2v) is 5.04. The number of benzene rings is 2. The van der Waals surface area contributed by atoms with Crippen molar-refractivity contribution in [2.75, 3.05) is 11.9 Å². The Kier molecular flexibility index (Phi) is 5.68. The van der Waals surface area contributed by atoms with Gasteiger partial charge in [-0.05, 0) is 18.6 Å². The predicted octanol–water partition coefficient (Wildman–Crippen LogP) is 4.72. The number of nitrogens with one attached hydrogen (secondary N) is 1. The number of unbranched alkanes of at least 4 members (excludes halogenated alkanes) is 1. The maximum Gasteiger partial charge on any atom is 0.338 e. The van der Waals surface area contributed by atoms with E-state index in [1.165, 1.54) is 18.2 Å². The minimum Gasteiger partial charge on any atom is -0.490 e. The number of carbonyl (C=O) groups is 1. The largest absolute Gasteiger partial charge is 0.490 e. The summed E-state index contributed by atoms with van der Waals surface area (Å²) in [5.74, 6) is -5.47. The van der Waals surface area contributed by atoms with Crippen molar-refractivity contribution in [1.82, 2.24) is 0 Å². The highest BCUT2D eigenvalue weighted by molar-refractivity contribution is 5.96. The fourth-order valence-corrected chi connectivity index (χ4v) is 2.02. The first-order valence-corrected chi connectivity index (χ1v) is 7.35. The highest BCUT2D eigenvalue weighted by Gasteiger charge is 2.24. The molecule has 0 saturated carbocycles. The van der Waals surface area contributed by atoms with E-state index in [2.05, 4.69) is 5.32 Å². The molecule has 0 aliphatic rings. The molecule has 2 rings (SSSR count). The van der Waals surface area contributed by atoms with E-state index < -0.39 is 40.4 Å². The van der Waals surface area contributed by atoms with Gasteiger partial charge in [-0.25, -0.2) is 13.6 Å². The van der Waals surface area contributed by atoms with E-state index in [4.69, 9.17) is 4.74 Å². The third-order valence-electron chi connectivity index (χ3n) is 3.29. The van der Waals surface area contributed by atoms with Crippen molar-refractivity contribution in [3.05, 3.63) is 53.3 Å². The van der Waals surface area contributed by atoms with Crippen molar-refractivity contribution >= 4 is 17.3 Å². The van der Waals surface area contributed by atoms with Gasteiger partial charge in [-0.2, -0.15) is 4.39 Å².